The topological polar surface area (TPSA) is 63.5 Å². The van der Waals surface area contributed by atoms with Crippen LogP contribution in [0, 0.1) is 6.92 Å². The van der Waals surface area contributed by atoms with Gasteiger partial charge in [-0.05, 0) is 42.3 Å². The normalized spacial score (nSPS) is 11.0. The molecule has 3 rings (SSSR count). The highest BCUT2D eigenvalue weighted by atomic mass is 35.5. The maximum Gasteiger partial charge on any atom is 0.276 e. The molecule has 0 fully saturated rings. The van der Waals surface area contributed by atoms with E-state index in [-0.39, 0.29) is 12.1 Å². The predicted octanol–water partition coefficient (Wildman–Crippen LogP) is 4.28. The number of nitrogens with one attached hydrogen (secondary N) is 1. The van der Waals surface area contributed by atoms with E-state index < -0.39 is 11.5 Å². The molecule has 0 saturated heterocycles. The molecule has 0 atom stereocenters. The molecule has 1 heterocycles. The van der Waals surface area contributed by atoms with Crippen molar-refractivity contribution in [1.29, 1.82) is 0 Å². The van der Waals surface area contributed by atoms with Crippen molar-refractivity contribution in [3.05, 3.63) is 103 Å². The van der Waals surface area contributed by atoms with Crippen LogP contribution in [0.3, 0.4) is 0 Å². The van der Waals surface area contributed by atoms with E-state index >= 15 is 0 Å². The van der Waals surface area contributed by atoms with E-state index in [9.17, 15) is 9.59 Å². The number of hydrogen-bond acceptors (Lipinski definition) is 3. The van der Waals surface area contributed by atoms with Gasteiger partial charge in [0.15, 0.2) is 0 Å². The number of benzene rings is 2. The predicted molar refractivity (Wildman–Crippen MR) is 113 cm³/mol. The zero-order valence-corrected chi connectivity index (χ0v) is 16.5. The molecule has 0 unspecified atom stereocenters. The van der Waals surface area contributed by atoms with Crippen molar-refractivity contribution in [3.8, 4) is 0 Å². The Bertz CT molecular complexity index is 1090. The molecule has 1 N–H and O–H groups in total. The molecule has 0 aliphatic rings. The fourth-order valence-electron chi connectivity index (χ4n) is 2.55. The van der Waals surface area contributed by atoms with Gasteiger partial charge in [-0.3, -0.25) is 9.59 Å². The fraction of sp³-hybridized carbons (Fsp3) is 0.0952. The monoisotopic (exact) mass is 413 g/mol. The number of halogens is 2. The first-order chi connectivity index (χ1) is 13.4. The molecular formula is C21H17Cl2N3O2. The van der Waals surface area contributed by atoms with Crippen molar-refractivity contribution in [1.82, 2.24) is 9.99 Å². The minimum Gasteiger partial charge on any atom is -0.310 e. The Hall–Kier alpha value is -2.89. The maximum atomic E-state index is 12.6. The molecule has 142 valence electrons. The number of nitrogens with zero attached hydrogens (tertiary/aromatic N) is 2. The van der Waals surface area contributed by atoms with E-state index in [0.717, 1.165) is 16.7 Å². The lowest BCUT2D eigenvalue weighted by atomic mass is 10.2. The summed E-state index contributed by atoms with van der Waals surface area (Å²) in [5.74, 6) is -0.572. The molecule has 0 aliphatic heterocycles. The van der Waals surface area contributed by atoms with Crippen LogP contribution >= 0.6 is 23.2 Å². The molecule has 5 nitrogen and oxygen atoms in total. The highest BCUT2D eigenvalue weighted by Crippen LogP contribution is 2.22. The van der Waals surface area contributed by atoms with Crippen LogP contribution in [0.2, 0.25) is 10.0 Å². The van der Waals surface area contributed by atoms with Gasteiger partial charge < -0.3 is 4.57 Å². The van der Waals surface area contributed by atoms with Crippen LogP contribution in [0.5, 0.6) is 0 Å². The van der Waals surface area contributed by atoms with Crippen LogP contribution in [0.25, 0.3) is 0 Å². The first-order valence-electron chi connectivity index (χ1n) is 8.47. The second kappa shape index (κ2) is 8.87. The summed E-state index contributed by atoms with van der Waals surface area (Å²) in [7, 11) is 0. The quantitative estimate of drug-likeness (QED) is 0.501. The lowest BCUT2D eigenvalue weighted by Crippen LogP contribution is -2.30. The molecule has 0 bridgehead atoms. The Labute approximate surface area is 172 Å². The largest absolute Gasteiger partial charge is 0.310 e. The van der Waals surface area contributed by atoms with E-state index in [0.29, 0.717) is 10.0 Å². The zero-order valence-electron chi connectivity index (χ0n) is 15.0. The first kappa shape index (κ1) is 19.9. The Morgan fingerprint density at radius 3 is 2.57 bits per heavy atom. The molecule has 2 aromatic carbocycles. The third kappa shape index (κ3) is 4.88. The second-order valence-electron chi connectivity index (χ2n) is 6.21. The Balaban J connectivity index is 1.74. The van der Waals surface area contributed by atoms with Gasteiger partial charge in [0.05, 0.1) is 22.8 Å². The Morgan fingerprint density at radius 2 is 1.86 bits per heavy atom. The van der Waals surface area contributed by atoms with Gasteiger partial charge in [0.1, 0.15) is 5.56 Å². The van der Waals surface area contributed by atoms with Crippen LogP contribution in [-0.2, 0) is 6.54 Å². The van der Waals surface area contributed by atoms with Crippen LogP contribution < -0.4 is 11.0 Å². The SMILES string of the molecule is Cc1ccc(/C=N\NC(=O)c2cccn(Cc3ccc(Cl)c(Cl)c3)c2=O)cc1. The summed E-state index contributed by atoms with van der Waals surface area (Å²) in [6, 6.07) is 15.9. The molecule has 0 saturated carbocycles. The van der Waals surface area contributed by atoms with Crippen molar-refractivity contribution in [2.45, 2.75) is 13.5 Å². The molecule has 0 spiro atoms. The lowest BCUT2D eigenvalue weighted by Gasteiger charge is -2.08. The molecule has 1 amide bonds. The summed E-state index contributed by atoms with van der Waals surface area (Å²) in [5.41, 5.74) is 4.75. The number of rotatable bonds is 5. The molecule has 3 aromatic rings. The van der Waals surface area contributed by atoms with Gasteiger partial charge in [-0.25, -0.2) is 5.43 Å². The lowest BCUT2D eigenvalue weighted by molar-refractivity contribution is 0.0953. The van der Waals surface area contributed by atoms with Crippen LogP contribution in [0.4, 0.5) is 0 Å². The number of aryl methyl sites for hydroxylation is 1. The average molecular weight is 414 g/mol. The van der Waals surface area contributed by atoms with Crippen molar-refractivity contribution in [2.75, 3.05) is 0 Å². The Kier molecular flexibility index (Phi) is 6.29. The Morgan fingerprint density at radius 1 is 1.11 bits per heavy atom. The summed E-state index contributed by atoms with van der Waals surface area (Å²) < 4.78 is 1.43. The molecule has 7 heteroatoms. The van der Waals surface area contributed by atoms with Crippen LogP contribution in [-0.4, -0.2) is 16.7 Å². The van der Waals surface area contributed by atoms with Crippen molar-refractivity contribution < 1.29 is 4.79 Å². The minimum absolute atomic E-state index is 0.00335. The second-order valence-corrected chi connectivity index (χ2v) is 7.03. The van der Waals surface area contributed by atoms with Gasteiger partial charge in [0.25, 0.3) is 11.5 Å². The average Bonchev–Trinajstić information content (AvgIpc) is 2.68. The third-order valence-electron chi connectivity index (χ3n) is 4.06. The summed E-state index contributed by atoms with van der Waals surface area (Å²) in [5, 5.41) is 4.77. The molecule has 0 aliphatic carbocycles. The summed E-state index contributed by atoms with van der Waals surface area (Å²) >= 11 is 11.9. The minimum atomic E-state index is -0.572. The van der Waals surface area contributed by atoms with E-state index in [2.05, 4.69) is 10.5 Å². The van der Waals surface area contributed by atoms with Crippen molar-refractivity contribution in [2.24, 2.45) is 5.10 Å². The zero-order chi connectivity index (χ0) is 20.1. The number of carbonyl (C=O) groups excluding carboxylic acids is 1. The number of hydrogen-bond donors (Lipinski definition) is 1. The first-order valence-corrected chi connectivity index (χ1v) is 9.23. The summed E-state index contributed by atoms with van der Waals surface area (Å²) in [6.45, 7) is 2.25. The highest BCUT2D eigenvalue weighted by molar-refractivity contribution is 6.42. The van der Waals surface area contributed by atoms with E-state index in [4.69, 9.17) is 23.2 Å². The van der Waals surface area contributed by atoms with E-state index in [1.165, 1.54) is 16.8 Å². The molecule has 1 aromatic heterocycles. The van der Waals surface area contributed by atoms with Crippen LogP contribution in [0.1, 0.15) is 27.0 Å². The molecule has 28 heavy (non-hydrogen) atoms. The van der Waals surface area contributed by atoms with Crippen molar-refractivity contribution >= 4 is 35.3 Å². The van der Waals surface area contributed by atoms with Gasteiger partial charge in [-0.2, -0.15) is 5.10 Å². The number of hydrazone groups is 1. The summed E-state index contributed by atoms with van der Waals surface area (Å²) in [6.07, 6.45) is 3.13. The smallest absolute Gasteiger partial charge is 0.276 e. The van der Waals surface area contributed by atoms with Gasteiger partial charge >= 0.3 is 0 Å². The standard InChI is InChI=1S/C21H17Cl2N3O2/c1-14-4-6-15(7-5-14)12-24-25-20(27)17-3-2-10-26(21(17)28)13-16-8-9-18(22)19(23)11-16/h2-12H,13H2,1H3,(H,25,27)/b24-12-. The van der Waals surface area contributed by atoms with E-state index in [1.807, 2.05) is 31.2 Å². The highest BCUT2D eigenvalue weighted by Gasteiger charge is 2.12. The third-order valence-corrected chi connectivity index (χ3v) is 4.80. The molecule has 0 radical (unpaired) electrons. The molecular weight excluding hydrogens is 397 g/mol. The van der Waals surface area contributed by atoms with Crippen LogP contribution in [0.15, 0.2) is 70.7 Å². The fourth-order valence-corrected chi connectivity index (χ4v) is 2.87. The number of pyridine rings is 1. The summed E-state index contributed by atoms with van der Waals surface area (Å²) in [4.78, 5) is 25.0. The van der Waals surface area contributed by atoms with Gasteiger partial charge in [0.2, 0.25) is 0 Å². The van der Waals surface area contributed by atoms with E-state index in [1.54, 1.807) is 30.5 Å². The number of carbonyl (C=O) groups is 1. The number of aromatic nitrogens is 1. The van der Waals surface area contributed by atoms with Crippen molar-refractivity contribution in [3.63, 3.8) is 0 Å². The van der Waals surface area contributed by atoms with Gasteiger partial charge in [0, 0.05) is 6.20 Å². The number of amides is 1. The van der Waals surface area contributed by atoms with Gasteiger partial charge in [-0.1, -0.05) is 59.1 Å². The van der Waals surface area contributed by atoms with Gasteiger partial charge in [-0.15, -0.1) is 0 Å². The maximum absolute atomic E-state index is 12.6.